The number of H-pyrrole nitrogens is 1. The van der Waals surface area contributed by atoms with Gasteiger partial charge < -0.3 is 10.3 Å². The van der Waals surface area contributed by atoms with E-state index in [1.807, 2.05) is 0 Å². The molecule has 0 radical (unpaired) electrons. The summed E-state index contributed by atoms with van der Waals surface area (Å²) in [5.41, 5.74) is 5.91. The molecular weight excluding hydrogens is 270 g/mol. The zero-order valence-electron chi connectivity index (χ0n) is 10.3. The number of hydrogen-bond acceptors (Lipinski definition) is 4. The number of nitrogens with zero attached hydrogens (tertiary/aromatic N) is 2. The number of primary amides is 1. The van der Waals surface area contributed by atoms with Crippen molar-refractivity contribution in [3.8, 4) is 0 Å². The molecular formula is C10H13N5O3S. The smallest absolute Gasteiger partial charge is 0.265 e. The van der Waals surface area contributed by atoms with E-state index in [1.165, 1.54) is 23.0 Å². The van der Waals surface area contributed by atoms with Crippen molar-refractivity contribution in [2.24, 2.45) is 12.8 Å². The van der Waals surface area contributed by atoms with Crippen molar-refractivity contribution in [1.29, 1.82) is 0 Å². The number of nitrogens with one attached hydrogen (secondary N) is 2. The fourth-order valence-corrected chi connectivity index (χ4v) is 2.73. The normalized spacial score (nSPS) is 11.5. The number of amides is 1. The molecule has 2 aromatic heterocycles. The van der Waals surface area contributed by atoms with E-state index in [0.29, 0.717) is 5.56 Å². The maximum atomic E-state index is 12.1. The van der Waals surface area contributed by atoms with Gasteiger partial charge in [-0.25, -0.2) is 8.42 Å². The van der Waals surface area contributed by atoms with E-state index in [4.69, 9.17) is 5.73 Å². The lowest BCUT2D eigenvalue weighted by molar-refractivity contribution is 0.0992. The van der Waals surface area contributed by atoms with Crippen LogP contribution in [-0.2, 0) is 17.1 Å². The van der Waals surface area contributed by atoms with Gasteiger partial charge in [-0.15, -0.1) is 0 Å². The lowest BCUT2D eigenvalue weighted by Gasteiger charge is -2.04. The Hall–Kier alpha value is -2.29. The molecule has 0 unspecified atom stereocenters. The van der Waals surface area contributed by atoms with Gasteiger partial charge in [-0.05, 0) is 13.0 Å². The van der Waals surface area contributed by atoms with Gasteiger partial charge in [0.25, 0.3) is 15.9 Å². The lowest BCUT2D eigenvalue weighted by atomic mass is 10.4. The van der Waals surface area contributed by atoms with Crippen LogP contribution in [0, 0.1) is 6.92 Å². The summed E-state index contributed by atoms with van der Waals surface area (Å²) in [5.74, 6) is -0.411. The predicted octanol–water partition coefficient (Wildman–Crippen LogP) is -0.0437. The number of aromatic nitrogens is 3. The largest absolute Gasteiger partial charge is 0.364 e. The van der Waals surface area contributed by atoms with E-state index in [1.54, 1.807) is 14.0 Å². The Morgan fingerprint density at radius 2 is 2.21 bits per heavy atom. The molecule has 19 heavy (non-hydrogen) atoms. The molecule has 2 heterocycles. The van der Waals surface area contributed by atoms with Crippen LogP contribution in [0.15, 0.2) is 23.4 Å². The fraction of sp³-hybridized carbons (Fsp3) is 0.200. The number of carbonyl (C=O) groups excluding carboxylic acids is 1. The summed E-state index contributed by atoms with van der Waals surface area (Å²) in [7, 11) is -2.25. The average molecular weight is 283 g/mol. The summed E-state index contributed by atoms with van der Waals surface area (Å²) >= 11 is 0. The molecule has 0 atom stereocenters. The second kappa shape index (κ2) is 4.43. The van der Waals surface area contributed by atoms with Crippen LogP contribution in [0.1, 0.15) is 16.1 Å². The molecule has 0 aliphatic carbocycles. The first-order valence-corrected chi connectivity index (χ1v) is 6.78. The van der Waals surface area contributed by atoms with Gasteiger partial charge in [0.15, 0.2) is 0 Å². The van der Waals surface area contributed by atoms with Crippen LogP contribution in [-0.4, -0.2) is 29.1 Å². The van der Waals surface area contributed by atoms with E-state index in [0.717, 1.165) is 0 Å². The highest BCUT2D eigenvalue weighted by molar-refractivity contribution is 7.92. The highest BCUT2D eigenvalue weighted by Crippen LogP contribution is 2.18. The number of carbonyl (C=O) groups is 1. The van der Waals surface area contributed by atoms with Gasteiger partial charge in [0.2, 0.25) is 0 Å². The standard InChI is InChI=1S/C10H13N5O3S/c1-6-4-12-13-10(6)14-19(17,18)7-3-8(9(11)16)15(2)5-7/h3-5H,1-2H3,(H2,11,16)(H2,12,13,14). The fourth-order valence-electron chi connectivity index (χ4n) is 1.57. The minimum Gasteiger partial charge on any atom is -0.364 e. The summed E-state index contributed by atoms with van der Waals surface area (Å²) in [6, 6.07) is 1.22. The minimum absolute atomic E-state index is 0.0437. The second-order valence-electron chi connectivity index (χ2n) is 4.07. The summed E-state index contributed by atoms with van der Waals surface area (Å²) < 4.78 is 27.9. The highest BCUT2D eigenvalue weighted by Gasteiger charge is 2.20. The van der Waals surface area contributed by atoms with Crippen LogP contribution in [0.2, 0.25) is 0 Å². The van der Waals surface area contributed by atoms with Crippen LogP contribution in [0.25, 0.3) is 0 Å². The molecule has 0 bridgehead atoms. The van der Waals surface area contributed by atoms with Gasteiger partial charge in [-0.2, -0.15) is 5.10 Å². The Balaban J connectivity index is 2.38. The summed E-state index contributed by atoms with van der Waals surface area (Å²) in [4.78, 5) is 11.1. The molecule has 4 N–H and O–H groups in total. The van der Waals surface area contributed by atoms with Crippen molar-refractivity contribution in [3.05, 3.63) is 29.7 Å². The number of sulfonamides is 1. The Bertz CT molecular complexity index is 728. The molecule has 0 aliphatic heterocycles. The van der Waals surface area contributed by atoms with Crippen molar-refractivity contribution in [2.75, 3.05) is 4.72 Å². The van der Waals surface area contributed by atoms with E-state index in [2.05, 4.69) is 14.9 Å². The summed E-state index contributed by atoms with van der Waals surface area (Å²) in [5, 5.41) is 6.26. The van der Waals surface area contributed by atoms with Crippen LogP contribution in [0.5, 0.6) is 0 Å². The van der Waals surface area contributed by atoms with Crippen LogP contribution >= 0.6 is 0 Å². The van der Waals surface area contributed by atoms with Crippen molar-refractivity contribution >= 4 is 21.7 Å². The molecule has 8 nitrogen and oxygen atoms in total. The number of aromatic amines is 1. The molecule has 0 saturated heterocycles. The molecule has 0 spiro atoms. The van der Waals surface area contributed by atoms with Crippen LogP contribution in [0.4, 0.5) is 5.82 Å². The van der Waals surface area contributed by atoms with E-state index in [-0.39, 0.29) is 16.4 Å². The maximum absolute atomic E-state index is 12.1. The molecule has 0 saturated carbocycles. The van der Waals surface area contributed by atoms with Crippen LogP contribution in [0.3, 0.4) is 0 Å². The number of rotatable bonds is 4. The quantitative estimate of drug-likeness (QED) is 0.728. The zero-order valence-corrected chi connectivity index (χ0v) is 11.2. The first-order chi connectivity index (χ1) is 8.81. The Morgan fingerprint density at radius 3 is 2.68 bits per heavy atom. The van der Waals surface area contributed by atoms with E-state index < -0.39 is 15.9 Å². The van der Waals surface area contributed by atoms with E-state index in [9.17, 15) is 13.2 Å². The molecule has 9 heteroatoms. The number of aryl methyl sites for hydroxylation is 2. The third-order valence-electron chi connectivity index (χ3n) is 2.61. The first-order valence-electron chi connectivity index (χ1n) is 5.30. The Kier molecular flexibility index (Phi) is 3.06. The maximum Gasteiger partial charge on any atom is 0.265 e. The van der Waals surface area contributed by atoms with Crippen molar-refractivity contribution in [1.82, 2.24) is 14.8 Å². The third-order valence-corrected chi connectivity index (χ3v) is 3.92. The topological polar surface area (TPSA) is 123 Å². The van der Waals surface area contributed by atoms with Gasteiger partial charge in [0.05, 0.1) is 6.20 Å². The Morgan fingerprint density at radius 1 is 1.53 bits per heavy atom. The van der Waals surface area contributed by atoms with Crippen molar-refractivity contribution in [3.63, 3.8) is 0 Å². The van der Waals surface area contributed by atoms with Crippen LogP contribution < -0.4 is 10.5 Å². The van der Waals surface area contributed by atoms with E-state index >= 15 is 0 Å². The first kappa shape index (κ1) is 13.1. The number of nitrogens with two attached hydrogens (primary N) is 1. The van der Waals surface area contributed by atoms with Crippen molar-refractivity contribution < 1.29 is 13.2 Å². The molecule has 0 fully saturated rings. The van der Waals surface area contributed by atoms with Gasteiger partial charge in [-0.1, -0.05) is 0 Å². The monoisotopic (exact) mass is 283 g/mol. The minimum atomic E-state index is -3.79. The number of anilines is 1. The molecule has 0 aliphatic rings. The average Bonchev–Trinajstić information content (AvgIpc) is 2.86. The molecule has 0 aromatic carbocycles. The van der Waals surface area contributed by atoms with Gasteiger partial charge >= 0.3 is 0 Å². The second-order valence-corrected chi connectivity index (χ2v) is 5.75. The molecule has 2 aromatic rings. The van der Waals surface area contributed by atoms with Gasteiger partial charge in [0, 0.05) is 18.8 Å². The predicted molar refractivity (Wildman–Crippen MR) is 68.1 cm³/mol. The molecule has 2 rings (SSSR count). The number of hydrogen-bond donors (Lipinski definition) is 3. The highest BCUT2D eigenvalue weighted by atomic mass is 32.2. The van der Waals surface area contributed by atoms with Gasteiger partial charge in [0.1, 0.15) is 16.4 Å². The zero-order chi connectivity index (χ0) is 14.2. The van der Waals surface area contributed by atoms with Gasteiger partial charge in [-0.3, -0.25) is 14.6 Å². The summed E-state index contributed by atoms with van der Waals surface area (Å²) in [6.07, 6.45) is 2.81. The lowest BCUT2D eigenvalue weighted by Crippen LogP contribution is -2.14. The van der Waals surface area contributed by atoms with Crippen molar-refractivity contribution in [2.45, 2.75) is 11.8 Å². The third kappa shape index (κ3) is 2.45. The molecule has 102 valence electrons. The summed E-state index contributed by atoms with van der Waals surface area (Å²) in [6.45, 7) is 1.71. The molecule has 1 amide bonds. The Labute approximate surface area is 109 Å². The SMILES string of the molecule is Cc1cn[nH]c1NS(=O)(=O)c1cc(C(N)=O)n(C)c1.